The second-order valence-corrected chi connectivity index (χ2v) is 6.94. The highest BCUT2D eigenvalue weighted by atomic mass is 15.2. The fourth-order valence-corrected chi connectivity index (χ4v) is 3.36. The predicted octanol–water partition coefficient (Wildman–Crippen LogP) is 4.45. The van der Waals surface area contributed by atoms with Gasteiger partial charge in [-0.2, -0.15) is 0 Å². The lowest BCUT2D eigenvalue weighted by atomic mass is 9.97. The summed E-state index contributed by atoms with van der Waals surface area (Å²) in [6, 6.07) is 1.47. The first kappa shape index (κ1) is 18.0. The normalized spacial score (nSPS) is 24.4. The maximum Gasteiger partial charge on any atom is 0.0244 e. The Morgan fingerprint density at radius 3 is 2.25 bits per heavy atom. The van der Waals surface area contributed by atoms with E-state index in [0.29, 0.717) is 0 Å². The van der Waals surface area contributed by atoms with Crippen LogP contribution in [0.5, 0.6) is 0 Å². The summed E-state index contributed by atoms with van der Waals surface area (Å²) in [7, 11) is 0. The Balaban J connectivity index is 2.20. The van der Waals surface area contributed by atoms with Gasteiger partial charge < -0.3 is 5.32 Å². The van der Waals surface area contributed by atoms with E-state index in [1.165, 1.54) is 71.0 Å². The van der Waals surface area contributed by atoms with Crippen molar-refractivity contribution in [1.82, 2.24) is 10.2 Å². The Hall–Kier alpha value is -0.0800. The van der Waals surface area contributed by atoms with Crippen LogP contribution >= 0.6 is 0 Å². The second-order valence-electron chi connectivity index (χ2n) is 6.94. The van der Waals surface area contributed by atoms with Gasteiger partial charge in [0.1, 0.15) is 0 Å². The van der Waals surface area contributed by atoms with Gasteiger partial charge >= 0.3 is 0 Å². The van der Waals surface area contributed by atoms with Crippen LogP contribution in [0.4, 0.5) is 0 Å². The van der Waals surface area contributed by atoms with Gasteiger partial charge in [0, 0.05) is 25.2 Å². The van der Waals surface area contributed by atoms with Gasteiger partial charge in [0.2, 0.25) is 0 Å². The molecule has 0 aliphatic carbocycles. The molecule has 1 aliphatic rings. The Bertz CT molecular complexity index is 227. The summed E-state index contributed by atoms with van der Waals surface area (Å²) in [6.45, 7) is 13.1. The van der Waals surface area contributed by atoms with Crippen LogP contribution in [-0.4, -0.2) is 36.6 Å². The first-order chi connectivity index (χ1) is 9.69. The van der Waals surface area contributed by atoms with Gasteiger partial charge in [-0.15, -0.1) is 0 Å². The van der Waals surface area contributed by atoms with Crippen molar-refractivity contribution in [2.24, 2.45) is 5.92 Å². The molecule has 1 heterocycles. The number of nitrogens with one attached hydrogen (secondary N) is 1. The molecular formula is C18H38N2. The maximum absolute atomic E-state index is 3.71. The van der Waals surface area contributed by atoms with Crippen molar-refractivity contribution in [2.75, 3.05) is 19.6 Å². The number of piperazine rings is 1. The van der Waals surface area contributed by atoms with Crippen molar-refractivity contribution in [3.63, 3.8) is 0 Å². The van der Waals surface area contributed by atoms with Gasteiger partial charge in [0.25, 0.3) is 0 Å². The van der Waals surface area contributed by atoms with Crippen molar-refractivity contribution in [3.05, 3.63) is 0 Å². The van der Waals surface area contributed by atoms with Gasteiger partial charge in [-0.1, -0.05) is 66.2 Å². The Kier molecular flexibility index (Phi) is 9.54. The first-order valence-corrected chi connectivity index (χ1v) is 9.16. The van der Waals surface area contributed by atoms with Crippen LogP contribution in [0.2, 0.25) is 0 Å². The molecule has 1 saturated heterocycles. The quantitative estimate of drug-likeness (QED) is 0.596. The maximum atomic E-state index is 3.71. The topological polar surface area (TPSA) is 15.3 Å². The smallest absolute Gasteiger partial charge is 0.0244 e. The highest BCUT2D eigenvalue weighted by Crippen LogP contribution is 2.17. The van der Waals surface area contributed by atoms with E-state index in [9.17, 15) is 0 Å². The molecule has 2 heteroatoms. The minimum absolute atomic E-state index is 0.717. The standard InChI is InChI=1S/C18H38N2/c1-5-7-8-9-10-11-12-13-20-15-17(6-2)19-14-18(20)16(3)4/h16-19H,5-15H2,1-4H3. The summed E-state index contributed by atoms with van der Waals surface area (Å²) in [6.07, 6.45) is 11.2. The average Bonchev–Trinajstić information content (AvgIpc) is 2.45. The van der Waals surface area contributed by atoms with E-state index in [2.05, 4.69) is 37.9 Å². The molecule has 0 aromatic rings. The molecule has 2 atom stereocenters. The second kappa shape index (κ2) is 10.6. The predicted molar refractivity (Wildman–Crippen MR) is 90.3 cm³/mol. The fraction of sp³-hybridized carbons (Fsp3) is 1.00. The van der Waals surface area contributed by atoms with Crippen LogP contribution in [0.1, 0.15) is 79.1 Å². The SMILES string of the molecule is CCCCCCCCCN1CC(CC)NCC1C(C)C. The van der Waals surface area contributed by atoms with E-state index < -0.39 is 0 Å². The zero-order chi connectivity index (χ0) is 14.8. The molecule has 0 amide bonds. The first-order valence-electron chi connectivity index (χ1n) is 9.16. The van der Waals surface area contributed by atoms with Crippen LogP contribution < -0.4 is 5.32 Å². The van der Waals surface area contributed by atoms with Crippen molar-refractivity contribution in [3.8, 4) is 0 Å². The molecule has 0 aromatic heterocycles. The van der Waals surface area contributed by atoms with Crippen molar-refractivity contribution < 1.29 is 0 Å². The van der Waals surface area contributed by atoms with E-state index in [4.69, 9.17) is 0 Å². The molecule has 0 radical (unpaired) electrons. The number of hydrogen-bond acceptors (Lipinski definition) is 2. The van der Waals surface area contributed by atoms with Gasteiger partial charge in [-0.3, -0.25) is 4.90 Å². The van der Waals surface area contributed by atoms with E-state index >= 15 is 0 Å². The van der Waals surface area contributed by atoms with Crippen molar-refractivity contribution >= 4 is 0 Å². The molecule has 0 saturated carbocycles. The average molecular weight is 283 g/mol. The number of rotatable bonds is 10. The van der Waals surface area contributed by atoms with E-state index in [0.717, 1.165) is 18.0 Å². The Morgan fingerprint density at radius 1 is 1.00 bits per heavy atom. The molecule has 0 spiro atoms. The summed E-state index contributed by atoms with van der Waals surface area (Å²) >= 11 is 0. The third kappa shape index (κ3) is 6.58. The van der Waals surface area contributed by atoms with Gasteiger partial charge in [-0.05, 0) is 25.3 Å². The van der Waals surface area contributed by atoms with E-state index in [-0.39, 0.29) is 0 Å². The van der Waals surface area contributed by atoms with Gasteiger partial charge in [0.15, 0.2) is 0 Å². The minimum Gasteiger partial charge on any atom is -0.311 e. The zero-order valence-electron chi connectivity index (χ0n) is 14.5. The highest BCUT2D eigenvalue weighted by Gasteiger charge is 2.28. The largest absolute Gasteiger partial charge is 0.311 e. The minimum atomic E-state index is 0.717. The van der Waals surface area contributed by atoms with E-state index in [1.807, 2.05) is 0 Å². The summed E-state index contributed by atoms with van der Waals surface area (Å²) in [5.74, 6) is 0.768. The molecule has 2 nitrogen and oxygen atoms in total. The number of nitrogens with zero attached hydrogens (tertiary/aromatic N) is 1. The Morgan fingerprint density at radius 2 is 1.65 bits per heavy atom. The molecule has 0 bridgehead atoms. The molecule has 120 valence electrons. The molecule has 2 unspecified atom stereocenters. The lowest BCUT2D eigenvalue weighted by Gasteiger charge is -2.42. The number of unbranched alkanes of at least 4 members (excludes halogenated alkanes) is 6. The lowest BCUT2D eigenvalue weighted by molar-refractivity contribution is 0.0952. The van der Waals surface area contributed by atoms with Crippen LogP contribution in [0.3, 0.4) is 0 Å². The monoisotopic (exact) mass is 282 g/mol. The molecule has 1 N–H and O–H groups in total. The van der Waals surface area contributed by atoms with Crippen molar-refractivity contribution in [2.45, 2.75) is 91.1 Å². The van der Waals surface area contributed by atoms with Crippen LogP contribution in [0, 0.1) is 5.92 Å². The van der Waals surface area contributed by atoms with Gasteiger partial charge in [0.05, 0.1) is 0 Å². The van der Waals surface area contributed by atoms with Crippen LogP contribution in [-0.2, 0) is 0 Å². The van der Waals surface area contributed by atoms with Crippen LogP contribution in [0.15, 0.2) is 0 Å². The molecule has 1 fully saturated rings. The summed E-state index contributed by atoms with van der Waals surface area (Å²) < 4.78 is 0. The molecule has 0 aromatic carbocycles. The summed E-state index contributed by atoms with van der Waals surface area (Å²) in [5, 5.41) is 3.71. The lowest BCUT2D eigenvalue weighted by Crippen LogP contribution is -2.58. The Labute approximate surface area is 127 Å². The fourth-order valence-electron chi connectivity index (χ4n) is 3.36. The van der Waals surface area contributed by atoms with Gasteiger partial charge in [-0.25, -0.2) is 0 Å². The summed E-state index contributed by atoms with van der Waals surface area (Å²) in [4.78, 5) is 2.77. The highest BCUT2D eigenvalue weighted by molar-refractivity contribution is 4.87. The molecule has 20 heavy (non-hydrogen) atoms. The number of hydrogen-bond donors (Lipinski definition) is 1. The van der Waals surface area contributed by atoms with Crippen LogP contribution in [0.25, 0.3) is 0 Å². The van der Waals surface area contributed by atoms with E-state index in [1.54, 1.807) is 0 Å². The molecular weight excluding hydrogens is 244 g/mol. The molecule has 1 rings (SSSR count). The third-order valence-electron chi connectivity index (χ3n) is 4.85. The zero-order valence-corrected chi connectivity index (χ0v) is 14.5. The molecule has 1 aliphatic heterocycles. The summed E-state index contributed by atoms with van der Waals surface area (Å²) in [5.41, 5.74) is 0. The third-order valence-corrected chi connectivity index (χ3v) is 4.85. The van der Waals surface area contributed by atoms with Crippen molar-refractivity contribution in [1.29, 1.82) is 0 Å².